The Hall–Kier alpha value is -2.07. The van der Waals surface area contributed by atoms with Gasteiger partial charge in [0.05, 0.1) is 30.5 Å². The molecule has 2 unspecified atom stereocenters. The molecule has 0 aliphatic carbocycles. The Morgan fingerprint density at radius 1 is 1.19 bits per heavy atom. The fraction of sp³-hybridized carbons (Fsp3) is 0.500. The summed E-state index contributed by atoms with van der Waals surface area (Å²) in [5.74, 6) is 0.0792. The Bertz CT molecular complexity index is 1070. The number of nitrogens with zero attached hydrogens (tertiary/aromatic N) is 4. The lowest BCUT2D eigenvalue weighted by Crippen LogP contribution is -2.18. The van der Waals surface area contributed by atoms with Crippen molar-refractivity contribution < 1.29 is 14.2 Å². The minimum Gasteiger partial charge on any atom is -0.385 e. The number of fused-ring (bicyclic) bond motifs is 2. The van der Waals surface area contributed by atoms with E-state index < -0.39 is 0 Å². The van der Waals surface area contributed by atoms with Crippen LogP contribution in [0.5, 0.6) is 0 Å². The molecule has 1 aliphatic rings. The smallest absolute Gasteiger partial charge is 0.135 e. The van der Waals surface area contributed by atoms with E-state index in [1.807, 2.05) is 11.6 Å². The zero-order valence-electron chi connectivity index (χ0n) is 18.3. The van der Waals surface area contributed by atoms with Gasteiger partial charge < -0.3 is 19.5 Å². The summed E-state index contributed by atoms with van der Waals surface area (Å²) in [5, 5.41) is 12.6. The first kappa shape index (κ1) is 22.1. The summed E-state index contributed by atoms with van der Waals surface area (Å²) in [6.07, 6.45) is 0.792. The molecule has 0 radical (unpaired) electrons. The molecule has 1 aliphatic heterocycles. The molecule has 2 aromatic heterocycles. The highest BCUT2D eigenvalue weighted by Gasteiger charge is 2.31. The van der Waals surface area contributed by atoms with E-state index >= 15 is 0 Å². The van der Waals surface area contributed by atoms with Gasteiger partial charge in [0.25, 0.3) is 0 Å². The van der Waals surface area contributed by atoms with Crippen LogP contribution >= 0.6 is 15.9 Å². The van der Waals surface area contributed by atoms with Crippen LogP contribution in [0, 0.1) is 6.92 Å². The molecule has 0 saturated heterocycles. The fourth-order valence-corrected chi connectivity index (χ4v) is 4.85. The minimum absolute atomic E-state index is 0.0426. The van der Waals surface area contributed by atoms with Gasteiger partial charge in [-0.2, -0.15) is 0 Å². The predicted octanol–water partition coefficient (Wildman–Crippen LogP) is 3.83. The minimum atomic E-state index is 0.0426. The summed E-state index contributed by atoms with van der Waals surface area (Å²) in [5.41, 5.74) is 7.13. The highest BCUT2D eigenvalue weighted by Crippen LogP contribution is 2.41. The Labute approximate surface area is 190 Å². The number of anilines is 1. The van der Waals surface area contributed by atoms with Crippen LogP contribution in [-0.2, 0) is 20.8 Å². The second kappa shape index (κ2) is 9.60. The zero-order chi connectivity index (χ0) is 22.0. The lowest BCUT2D eigenvalue weighted by molar-refractivity contribution is 0.117. The summed E-state index contributed by atoms with van der Waals surface area (Å²) in [4.78, 5) is 4.91. The summed E-state index contributed by atoms with van der Waals surface area (Å²) in [7, 11) is 5.12. The van der Waals surface area contributed by atoms with Gasteiger partial charge in [0, 0.05) is 61.8 Å². The second-order valence-electron chi connectivity index (χ2n) is 7.84. The lowest BCUT2D eigenvalue weighted by Gasteiger charge is -2.17. The first-order chi connectivity index (χ1) is 15.1. The fourth-order valence-electron chi connectivity index (χ4n) is 4.33. The van der Waals surface area contributed by atoms with Gasteiger partial charge in [-0.1, -0.05) is 21.1 Å². The van der Waals surface area contributed by atoms with Crippen molar-refractivity contribution in [3.63, 3.8) is 0 Å². The van der Waals surface area contributed by atoms with Crippen molar-refractivity contribution in [2.75, 3.05) is 46.4 Å². The monoisotopic (exact) mass is 489 g/mol. The quantitative estimate of drug-likeness (QED) is 0.488. The molecular formula is C22H28BrN5O3. The molecule has 3 aromatic rings. The Morgan fingerprint density at radius 3 is 2.77 bits per heavy atom. The van der Waals surface area contributed by atoms with Crippen molar-refractivity contribution in [2.45, 2.75) is 31.9 Å². The van der Waals surface area contributed by atoms with E-state index in [0.717, 1.165) is 51.1 Å². The number of pyridine rings is 1. The number of aryl methyl sites for hydroxylation is 1. The van der Waals surface area contributed by atoms with Gasteiger partial charge in [0.2, 0.25) is 0 Å². The first-order valence-electron chi connectivity index (χ1n) is 10.3. The predicted molar refractivity (Wildman–Crippen MR) is 123 cm³/mol. The molecule has 0 spiro atoms. The average Bonchev–Trinajstić information content (AvgIpc) is 3.35. The third-order valence-corrected chi connectivity index (χ3v) is 6.14. The lowest BCUT2D eigenvalue weighted by atomic mass is 9.94. The van der Waals surface area contributed by atoms with Gasteiger partial charge in [-0.3, -0.25) is 4.98 Å². The third kappa shape index (κ3) is 4.32. The molecule has 1 aromatic carbocycles. The molecule has 0 amide bonds. The second-order valence-corrected chi connectivity index (χ2v) is 8.75. The van der Waals surface area contributed by atoms with Crippen molar-refractivity contribution in [3.8, 4) is 0 Å². The molecule has 3 heterocycles. The largest absolute Gasteiger partial charge is 0.385 e. The molecule has 166 valence electrons. The van der Waals surface area contributed by atoms with Crippen LogP contribution in [0.25, 0.3) is 11.0 Å². The molecule has 0 bridgehead atoms. The highest BCUT2D eigenvalue weighted by atomic mass is 79.9. The van der Waals surface area contributed by atoms with Gasteiger partial charge >= 0.3 is 0 Å². The Balaban J connectivity index is 1.80. The van der Waals surface area contributed by atoms with E-state index in [2.05, 4.69) is 49.8 Å². The number of ether oxygens (including phenoxy) is 3. The topological polar surface area (TPSA) is 83.3 Å². The van der Waals surface area contributed by atoms with Crippen molar-refractivity contribution in [1.29, 1.82) is 0 Å². The van der Waals surface area contributed by atoms with E-state index in [-0.39, 0.29) is 12.0 Å². The molecule has 9 heteroatoms. The number of hydrogen-bond donors (Lipinski definition) is 1. The molecule has 0 fully saturated rings. The van der Waals surface area contributed by atoms with Crippen molar-refractivity contribution in [3.05, 3.63) is 45.2 Å². The van der Waals surface area contributed by atoms with E-state index in [4.69, 9.17) is 19.2 Å². The first-order valence-corrected chi connectivity index (χ1v) is 11.1. The molecular weight excluding hydrogens is 462 g/mol. The van der Waals surface area contributed by atoms with Crippen LogP contribution in [0.3, 0.4) is 0 Å². The number of aromatic nitrogens is 4. The maximum atomic E-state index is 5.44. The van der Waals surface area contributed by atoms with Gasteiger partial charge in [0.15, 0.2) is 0 Å². The number of halogens is 1. The van der Waals surface area contributed by atoms with Crippen molar-refractivity contribution in [1.82, 2.24) is 20.0 Å². The number of rotatable bonds is 9. The van der Waals surface area contributed by atoms with E-state index in [1.54, 1.807) is 21.3 Å². The molecule has 1 N–H and O–H groups in total. The van der Waals surface area contributed by atoms with Crippen LogP contribution < -0.4 is 5.32 Å². The van der Waals surface area contributed by atoms with Crippen LogP contribution in [-0.4, -0.2) is 61.1 Å². The highest BCUT2D eigenvalue weighted by molar-refractivity contribution is 9.10. The molecule has 0 saturated carbocycles. The number of methoxy groups -OCH3 is 3. The molecule has 4 rings (SSSR count). The van der Waals surface area contributed by atoms with Gasteiger partial charge in [0.1, 0.15) is 5.52 Å². The summed E-state index contributed by atoms with van der Waals surface area (Å²) >= 11 is 3.65. The summed E-state index contributed by atoms with van der Waals surface area (Å²) < 4.78 is 19.1. The third-order valence-electron chi connectivity index (χ3n) is 5.68. The number of benzene rings is 1. The summed E-state index contributed by atoms with van der Waals surface area (Å²) in [6, 6.07) is 6.35. The maximum absolute atomic E-state index is 5.44. The van der Waals surface area contributed by atoms with Gasteiger partial charge in [-0.15, -0.1) is 5.10 Å². The van der Waals surface area contributed by atoms with Crippen LogP contribution in [0.1, 0.15) is 40.9 Å². The number of nitrogens with one attached hydrogen (secondary N) is 1. The van der Waals surface area contributed by atoms with E-state index in [0.29, 0.717) is 19.8 Å². The molecule has 31 heavy (non-hydrogen) atoms. The van der Waals surface area contributed by atoms with Gasteiger partial charge in [-0.05, 0) is 37.1 Å². The van der Waals surface area contributed by atoms with Crippen LogP contribution in [0.4, 0.5) is 5.69 Å². The summed E-state index contributed by atoms with van der Waals surface area (Å²) in [6.45, 7) is 4.49. The van der Waals surface area contributed by atoms with Gasteiger partial charge in [-0.25, -0.2) is 4.68 Å². The van der Waals surface area contributed by atoms with Crippen molar-refractivity contribution >= 4 is 32.7 Å². The Morgan fingerprint density at radius 2 is 2.03 bits per heavy atom. The Kier molecular flexibility index (Phi) is 6.86. The average molecular weight is 490 g/mol. The van der Waals surface area contributed by atoms with Crippen LogP contribution in [0.2, 0.25) is 0 Å². The van der Waals surface area contributed by atoms with E-state index in [1.165, 1.54) is 5.56 Å². The normalized spacial score (nSPS) is 16.5. The SMILES string of the molecule is COCCC(COC)n1nnc2c(C3CNc4c(COC)cc(Br)cc43)nc(C)cc21. The van der Waals surface area contributed by atoms with Crippen molar-refractivity contribution in [2.24, 2.45) is 0 Å². The van der Waals surface area contributed by atoms with E-state index in [9.17, 15) is 0 Å². The standard InChI is InChI=1S/C22H28BrN5O3/c1-13-7-19-22(26-27-28(19)16(12-31-4)5-6-29-2)21(25-13)18-10-24-20-14(11-30-3)8-15(23)9-17(18)20/h7-9,16,18,24H,5-6,10-12H2,1-4H3. The maximum Gasteiger partial charge on any atom is 0.135 e. The number of hydrogen-bond acceptors (Lipinski definition) is 7. The molecule has 8 nitrogen and oxygen atoms in total. The van der Waals surface area contributed by atoms with Crippen LogP contribution in [0.15, 0.2) is 22.7 Å². The zero-order valence-corrected chi connectivity index (χ0v) is 19.9. The molecule has 2 atom stereocenters.